The minimum absolute atomic E-state index is 0.0348. The summed E-state index contributed by atoms with van der Waals surface area (Å²) in [5, 5.41) is 0. The zero-order valence-corrected chi connectivity index (χ0v) is 34.8. The normalized spacial score (nSPS) is 24.5. The van der Waals surface area contributed by atoms with E-state index in [9.17, 15) is 13.9 Å². The number of nitrogen functional groups attached to an aromatic ring is 2. The van der Waals surface area contributed by atoms with Crippen molar-refractivity contribution in [3.63, 3.8) is 0 Å². The van der Waals surface area contributed by atoms with Gasteiger partial charge in [0.25, 0.3) is 0 Å². The zero-order chi connectivity index (χ0) is 39.7. The second-order valence-electron chi connectivity index (χ2n) is 14.1. The minimum Gasteiger partial charge on any atom is -0.383 e. The molecule has 21 nitrogen and oxygen atoms in total. The first-order valence-electron chi connectivity index (χ1n) is 17.4. The van der Waals surface area contributed by atoms with Crippen molar-refractivity contribution in [2.45, 2.75) is 63.7 Å². The summed E-state index contributed by atoms with van der Waals surface area (Å²) in [6.07, 6.45) is 0.944. The molecule has 5 rings (SSSR count). The molecule has 2 saturated heterocycles. The highest BCUT2D eigenvalue weighted by molar-refractivity contribution is 7.60. The highest BCUT2D eigenvalue weighted by Gasteiger charge is 2.46. The Labute approximate surface area is 314 Å². The van der Waals surface area contributed by atoms with E-state index < -0.39 is 53.1 Å². The Kier molecular flexibility index (Phi) is 13.3. The summed E-state index contributed by atoms with van der Waals surface area (Å²) in [6, 6.07) is 1.46. The second-order valence-corrected chi connectivity index (χ2v) is 23.0. The van der Waals surface area contributed by atoms with Gasteiger partial charge in [-0.15, -0.1) is 0 Å². The van der Waals surface area contributed by atoms with Crippen LogP contribution in [0.4, 0.5) is 11.6 Å². The molecule has 2 fully saturated rings. The van der Waals surface area contributed by atoms with Gasteiger partial charge in [0.15, 0.2) is 17.7 Å². The molecule has 0 aromatic carbocycles. The van der Waals surface area contributed by atoms with Gasteiger partial charge >= 0.3 is 21.0 Å². The number of nitrogens with zero attached hydrogens (tertiary/aromatic N) is 10. The number of fused-ring (bicyclic) bond motifs is 1. The van der Waals surface area contributed by atoms with Gasteiger partial charge in [0.05, 0.1) is 44.8 Å². The summed E-state index contributed by atoms with van der Waals surface area (Å²) in [6.45, 7) is 7.24. The third kappa shape index (κ3) is 8.53. The van der Waals surface area contributed by atoms with Crippen LogP contribution in [-0.2, 0) is 36.7 Å². The zero-order valence-electron chi connectivity index (χ0n) is 32.2. The first-order chi connectivity index (χ1) is 25.3. The van der Waals surface area contributed by atoms with Gasteiger partial charge in [-0.05, 0) is 34.3 Å². The van der Waals surface area contributed by atoms with E-state index in [1.807, 2.05) is 27.7 Å². The van der Waals surface area contributed by atoms with Gasteiger partial charge in [-0.1, -0.05) is 27.7 Å². The third-order valence-electron chi connectivity index (χ3n) is 9.41. The maximum atomic E-state index is 15.1. The van der Waals surface area contributed by atoms with Gasteiger partial charge in [-0.3, -0.25) is 22.8 Å². The molecule has 2 aliphatic rings. The van der Waals surface area contributed by atoms with Gasteiger partial charge in [0, 0.05) is 37.7 Å². The van der Waals surface area contributed by atoms with E-state index >= 15 is 4.57 Å². The fraction of sp³-hybridized carbons (Fsp3) is 0.700. The van der Waals surface area contributed by atoms with Crippen LogP contribution >= 0.6 is 22.7 Å². The molecule has 2 unspecified atom stereocenters. The number of nitrogens with two attached hydrogens (primary N) is 2. The van der Waals surface area contributed by atoms with Gasteiger partial charge < -0.3 is 34.5 Å². The molecule has 0 radical (unpaired) electrons. The van der Waals surface area contributed by atoms with E-state index in [1.54, 1.807) is 42.1 Å². The van der Waals surface area contributed by atoms with Crippen molar-refractivity contribution in [1.82, 2.24) is 47.8 Å². The molecule has 3 aromatic rings. The predicted molar refractivity (Wildman–Crippen MR) is 203 cm³/mol. The third-order valence-corrected chi connectivity index (χ3v) is 17.9. The number of aromatic nitrogens is 6. The van der Waals surface area contributed by atoms with Crippen LogP contribution in [-0.4, -0.2) is 146 Å². The molecular formula is C30H53N12O9P3. The van der Waals surface area contributed by atoms with Crippen molar-refractivity contribution in [2.75, 3.05) is 86.2 Å². The molecule has 0 amide bonds. The molecule has 6 atom stereocenters. The van der Waals surface area contributed by atoms with Gasteiger partial charge in [0.1, 0.15) is 23.9 Å². The summed E-state index contributed by atoms with van der Waals surface area (Å²) in [5.41, 5.74) is 11.4. The number of imidazole rings is 1. The van der Waals surface area contributed by atoms with Crippen LogP contribution in [0.25, 0.3) is 11.2 Å². The molecule has 5 heterocycles. The highest BCUT2D eigenvalue weighted by Crippen LogP contribution is 2.58. The lowest BCUT2D eigenvalue weighted by molar-refractivity contribution is -0.126. The van der Waals surface area contributed by atoms with E-state index in [0.29, 0.717) is 11.2 Å². The van der Waals surface area contributed by atoms with Crippen LogP contribution in [0.2, 0.25) is 0 Å². The molecule has 4 N–H and O–H groups in total. The number of morpholine rings is 2. The summed E-state index contributed by atoms with van der Waals surface area (Å²) < 4.78 is 83.1. The molecule has 3 aromatic heterocycles. The maximum Gasteiger partial charge on any atom is 0.351 e. The van der Waals surface area contributed by atoms with Crippen molar-refractivity contribution < 1.29 is 36.7 Å². The summed E-state index contributed by atoms with van der Waals surface area (Å²) in [7, 11) is -2.69. The van der Waals surface area contributed by atoms with Crippen molar-refractivity contribution >= 4 is 45.5 Å². The highest BCUT2D eigenvalue weighted by atomic mass is 31.2. The summed E-state index contributed by atoms with van der Waals surface area (Å²) >= 11 is 0. The van der Waals surface area contributed by atoms with E-state index in [0.717, 1.165) is 0 Å². The minimum atomic E-state index is -3.93. The van der Waals surface area contributed by atoms with Gasteiger partial charge in [0.2, 0.25) is 7.37 Å². The lowest BCUT2D eigenvalue weighted by Gasteiger charge is -2.45. The van der Waals surface area contributed by atoms with Crippen LogP contribution < -0.4 is 17.2 Å². The fourth-order valence-electron chi connectivity index (χ4n) is 6.48. The molecule has 24 heteroatoms. The topological polar surface area (TPSA) is 241 Å². The molecular weight excluding hydrogens is 765 g/mol. The second kappa shape index (κ2) is 16.8. The number of hydrogen-bond acceptors (Lipinski definition) is 15. The smallest absolute Gasteiger partial charge is 0.351 e. The van der Waals surface area contributed by atoms with Crippen molar-refractivity contribution in [3.8, 4) is 0 Å². The van der Waals surface area contributed by atoms with Crippen molar-refractivity contribution in [3.05, 3.63) is 35.4 Å². The monoisotopic (exact) mass is 818 g/mol. The van der Waals surface area contributed by atoms with Crippen LogP contribution in [0.15, 0.2) is 29.7 Å². The molecule has 302 valence electrons. The Bertz CT molecular complexity index is 1970. The number of anilines is 2. The Hall–Kier alpha value is -2.64. The van der Waals surface area contributed by atoms with E-state index in [1.165, 1.54) is 45.9 Å². The Balaban J connectivity index is 1.45. The Morgan fingerprint density at radius 2 is 1.39 bits per heavy atom. The summed E-state index contributed by atoms with van der Waals surface area (Å²) in [4.78, 5) is 29.6. The molecule has 0 bridgehead atoms. The summed E-state index contributed by atoms with van der Waals surface area (Å²) in [5.74, 6) is 0.225. The van der Waals surface area contributed by atoms with E-state index in [-0.39, 0.29) is 62.3 Å². The predicted octanol–water partition coefficient (Wildman–Crippen LogP) is 2.76. The Morgan fingerprint density at radius 3 is 1.93 bits per heavy atom. The van der Waals surface area contributed by atoms with Crippen LogP contribution in [0.1, 0.15) is 40.2 Å². The maximum absolute atomic E-state index is 15.1. The molecule has 0 aliphatic carbocycles. The molecule has 2 aliphatic heterocycles. The van der Waals surface area contributed by atoms with Gasteiger partial charge in [-0.2, -0.15) is 4.98 Å². The average molecular weight is 819 g/mol. The van der Waals surface area contributed by atoms with Crippen molar-refractivity contribution in [1.29, 1.82) is 0 Å². The quantitative estimate of drug-likeness (QED) is 0.210. The van der Waals surface area contributed by atoms with E-state index in [2.05, 4.69) is 19.9 Å². The van der Waals surface area contributed by atoms with Crippen molar-refractivity contribution in [2.24, 2.45) is 0 Å². The van der Waals surface area contributed by atoms with Crippen LogP contribution in [0.5, 0.6) is 0 Å². The fourth-order valence-corrected chi connectivity index (χ4v) is 12.5. The molecule has 0 spiro atoms. The standard InChI is InChI=1S/C30H53N12O9P3/c1-20(2)52(44,21(3)4)48-16-22-13-40(14-25(50-22)41-11-10-24(31)36-30(41)43)54(46,38(7)8)49-17-23-12-39(53(45,47-9)37(5)6)15-26(51-23)42-19-35-27-28(32)33-18-34-29(27)42/h10-11,18-23,25-26H,12-17H2,1-9H3,(H2,31,36,43)(H2,32,33,34)/t22-,23-,25+,26+,53?,54?/m0/s1. The molecule has 54 heavy (non-hydrogen) atoms. The average Bonchev–Trinajstić information content (AvgIpc) is 3.57. The van der Waals surface area contributed by atoms with E-state index in [4.69, 9.17) is 34.5 Å². The lowest BCUT2D eigenvalue weighted by Crippen LogP contribution is -2.50. The largest absolute Gasteiger partial charge is 0.383 e. The lowest BCUT2D eigenvalue weighted by atomic mass is 10.3. The first-order valence-corrected chi connectivity index (χ1v) is 22.3. The number of rotatable bonds is 15. The number of hydrogen-bond donors (Lipinski definition) is 2. The first kappa shape index (κ1) is 42.5. The van der Waals surface area contributed by atoms with Gasteiger partial charge in [-0.25, -0.2) is 38.4 Å². The SMILES string of the molecule is COP(=O)(N(C)C)N1C[C@@H](COP(=O)(N(C)C)N2C[C@@H](COP(=O)(C(C)C)C(C)C)O[C@@H](n3ccc(N)nc3=O)C2)O[C@@H](n2cnc3c(N)ncnc32)C1. The Morgan fingerprint density at radius 1 is 0.833 bits per heavy atom. The van der Waals surface area contributed by atoms with Crippen LogP contribution in [0.3, 0.4) is 0 Å². The molecule has 0 saturated carbocycles. The van der Waals surface area contributed by atoms with Crippen LogP contribution in [0, 0.1) is 0 Å². The number of ether oxygens (including phenoxy) is 2.